The molecule has 1 unspecified atom stereocenters. The number of benzene rings is 1. The van der Waals surface area contributed by atoms with Crippen molar-refractivity contribution in [1.82, 2.24) is 25.4 Å². The quantitative estimate of drug-likeness (QED) is 0.350. The first-order chi connectivity index (χ1) is 12.6. The number of nitrogens with one attached hydrogen (secondary N) is 2. The fraction of sp³-hybridized carbons (Fsp3) is 0.526. The molecule has 0 bridgehead atoms. The van der Waals surface area contributed by atoms with Crippen molar-refractivity contribution in [2.75, 3.05) is 13.6 Å². The SMILES string of the molecule is CN=C(NCC1(c2cccc(Br)c2)CC1)NC1CCCn2nc(C)nc21.I. The van der Waals surface area contributed by atoms with E-state index in [2.05, 4.69) is 65.9 Å². The molecule has 2 heterocycles. The summed E-state index contributed by atoms with van der Waals surface area (Å²) in [6.45, 7) is 3.79. The van der Waals surface area contributed by atoms with Crippen LogP contribution in [-0.4, -0.2) is 34.3 Å². The summed E-state index contributed by atoms with van der Waals surface area (Å²) in [6.07, 6.45) is 4.58. The van der Waals surface area contributed by atoms with Crippen LogP contribution in [0.3, 0.4) is 0 Å². The van der Waals surface area contributed by atoms with Crippen molar-refractivity contribution < 1.29 is 0 Å². The minimum Gasteiger partial charge on any atom is -0.356 e. The Kier molecular flexibility index (Phi) is 6.45. The monoisotopic (exact) mass is 544 g/mol. The predicted octanol–water partition coefficient (Wildman–Crippen LogP) is 3.70. The van der Waals surface area contributed by atoms with E-state index in [-0.39, 0.29) is 35.4 Å². The van der Waals surface area contributed by atoms with Crippen LogP contribution in [0.2, 0.25) is 0 Å². The standard InChI is InChI=1S/C19H25BrN6.HI/c1-13-23-17-16(7-4-10-26(17)25-13)24-18(21-2)22-12-19(8-9-19)14-5-3-6-15(20)11-14;/h3,5-6,11,16H,4,7-10,12H2,1-2H3,(H2,21,22,24);1H. The van der Waals surface area contributed by atoms with Gasteiger partial charge in [0.25, 0.3) is 0 Å². The maximum Gasteiger partial charge on any atom is 0.191 e. The van der Waals surface area contributed by atoms with Crippen LogP contribution in [0.25, 0.3) is 0 Å². The van der Waals surface area contributed by atoms with Crippen molar-refractivity contribution in [1.29, 1.82) is 0 Å². The lowest BCUT2D eigenvalue weighted by atomic mass is 9.96. The topological polar surface area (TPSA) is 67.1 Å². The van der Waals surface area contributed by atoms with Crippen LogP contribution in [-0.2, 0) is 12.0 Å². The Bertz CT molecular complexity index is 829. The smallest absolute Gasteiger partial charge is 0.191 e. The fourth-order valence-electron chi connectivity index (χ4n) is 3.75. The number of aromatic nitrogens is 3. The summed E-state index contributed by atoms with van der Waals surface area (Å²) in [6, 6.07) is 8.81. The van der Waals surface area contributed by atoms with E-state index in [9.17, 15) is 0 Å². The van der Waals surface area contributed by atoms with Gasteiger partial charge in [0.1, 0.15) is 11.6 Å². The molecule has 6 nitrogen and oxygen atoms in total. The molecule has 1 fully saturated rings. The second-order valence-electron chi connectivity index (χ2n) is 7.30. The first kappa shape index (κ1) is 20.6. The summed E-state index contributed by atoms with van der Waals surface area (Å²) in [7, 11) is 1.83. The van der Waals surface area contributed by atoms with Gasteiger partial charge in [0.2, 0.25) is 0 Å². The summed E-state index contributed by atoms with van der Waals surface area (Å²) in [5.74, 6) is 2.69. The van der Waals surface area contributed by atoms with Crippen molar-refractivity contribution in [3.8, 4) is 0 Å². The Balaban J connectivity index is 0.00000210. The van der Waals surface area contributed by atoms with E-state index in [0.29, 0.717) is 0 Å². The molecule has 2 aliphatic rings. The number of halogens is 2. The molecule has 1 atom stereocenters. The van der Waals surface area contributed by atoms with Gasteiger partial charge in [0.15, 0.2) is 5.96 Å². The van der Waals surface area contributed by atoms with Gasteiger partial charge in [-0.15, -0.1) is 24.0 Å². The minimum absolute atomic E-state index is 0. The number of nitrogens with zero attached hydrogens (tertiary/aromatic N) is 4. The maximum absolute atomic E-state index is 4.60. The second kappa shape index (κ2) is 8.46. The molecule has 27 heavy (non-hydrogen) atoms. The van der Waals surface area contributed by atoms with E-state index < -0.39 is 0 Å². The maximum atomic E-state index is 4.60. The molecule has 1 aromatic heterocycles. The molecule has 146 valence electrons. The largest absolute Gasteiger partial charge is 0.356 e. The summed E-state index contributed by atoms with van der Waals surface area (Å²) in [4.78, 5) is 9.03. The molecule has 8 heteroatoms. The van der Waals surface area contributed by atoms with Crippen molar-refractivity contribution in [2.24, 2.45) is 4.99 Å². The van der Waals surface area contributed by atoms with Crippen LogP contribution in [0, 0.1) is 6.92 Å². The molecular weight excluding hydrogens is 519 g/mol. The molecule has 2 aromatic rings. The minimum atomic E-state index is 0. The highest BCUT2D eigenvalue weighted by Crippen LogP contribution is 2.48. The number of hydrogen-bond acceptors (Lipinski definition) is 3. The van der Waals surface area contributed by atoms with Gasteiger partial charge >= 0.3 is 0 Å². The average Bonchev–Trinajstić information content (AvgIpc) is 3.33. The molecule has 1 aromatic carbocycles. The zero-order valence-electron chi connectivity index (χ0n) is 15.7. The lowest BCUT2D eigenvalue weighted by Crippen LogP contribution is -2.44. The van der Waals surface area contributed by atoms with Crippen LogP contribution in [0.1, 0.15) is 48.9 Å². The highest BCUT2D eigenvalue weighted by atomic mass is 127. The highest BCUT2D eigenvalue weighted by molar-refractivity contribution is 14.0. The van der Waals surface area contributed by atoms with Crippen LogP contribution in [0.15, 0.2) is 33.7 Å². The normalized spacial score (nSPS) is 20.4. The van der Waals surface area contributed by atoms with E-state index in [1.165, 1.54) is 18.4 Å². The number of aryl methyl sites for hydroxylation is 2. The van der Waals surface area contributed by atoms with E-state index >= 15 is 0 Å². The van der Waals surface area contributed by atoms with Crippen molar-refractivity contribution in [3.63, 3.8) is 0 Å². The van der Waals surface area contributed by atoms with Gasteiger partial charge in [-0.25, -0.2) is 9.67 Å². The first-order valence-electron chi connectivity index (χ1n) is 9.24. The molecule has 2 N–H and O–H groups in total. The van der Waals surface area contributed by atoms with Crippen molar-refractivity contribution >= 4 is 45.9 Å². The highest BCUT2D eigenvalue weighted by Gasteiger charge is 2.44. The Morgan fingerprint density at radius 1 is 1.41 bits per heavy atom. The third-order valence-corrected chi connectivity index (χ3v) is 5.89. The third-order valence-electron chi connectivity index (χ3n) is 5.40. The zero-order chi connectivity index (χ0) is 18.1. The lowest BCUT2D eigenvalue weighted by Gasteiger charge is -2.26. The first-order valence-corrected chi connectivity index (χ1v) is 10.0. The molecule has 1 saturated carbocycles. The average molecular weight is 545 g/mol. The molecule has 0 spiro atoms. The van der Waals surface area contributed by atoms with Gasteiger partial charge in [-0.3, -0.25) is 4.99 Å². The van der Waals surface area contributed by atoms with Gasteiger partial charge in [-0.1, -0.05) is 28.1 Å². The molecule has 0 radical (unpaired) electrons. The van der Waals surface area contributed by atoms with Crippen molar-refractivity contribution in [2.45, 2.75) is 50.6 Å². The Morgan fingerprint density at radius 2 is 2.22 bits per heavy atom. The summed E-state index contributed by atoms with van der Waals surface area (Å²) in [5.41, 5.74) is 1.62. The summed E-state index contributed by atoms with van der Waals surface area (Å²) in [5, 5.41) is 11.6. The van der Waals surface area contributed by atoms with E-state index in [1.807, 2.05) is 18.7 Å². The number of hydrogen-bond donors (Lipinski definition) is 2. The van der Waals surface area contributed by atoms with Gasteiger partial charge in [-0.05, 0) is 50.3 Å². The number of rotatable bonds is 4. The number of fused-ring (bicyclic) bond motifs is 1. The number of aliphatic imine (C=N–C) groups is 1. The van der Waals surface area contributed by atoms with Crippen LogP contribution < -0.4 is 10.6 Å². The van der Waals surface area contributed by atoms with Crippen LogP contribution in [0.4, 0.5) is 0 Å². The van der Waals surface area contributed by atoms with Gasteiger partial charge in [-0.2, -0.15) is 5.10 Å². The fourth-order valence-corrected chi connectivity index (χ4v) is 4.15. The molecular formula is C19H26BrIN6. The van der Waals surface area contributed by atoms with Gasteiger partial charge in [0, 0.05) is 30.0 Å². The van der Waals surface area contributed by atoms with E-state index in [1.54, 1.807) is 0 Å². The molecule has 1 aliphatic heterocycles. The molecule has 1 aliphatic carbocycles. The number of guanidine groups is 1. The summed E-state index contributed by atoms with van der Waals surface area (Å²) >= 11 is 3.59. The van der Waals surface area contributed by atoms with E-state index in [0.717, 1.165) is 48.0 Å². The van der Waals surface area contributed by atoms with Gasteiger partial charge in [0.05, 0.1) is 6.04 Å². The Hall–Kier alpha value is -1.16. The Morgan fingerprint density at radius 3 is 2.93 bits per heavy atom. The molecule has 0 amide bonds. The Labute approximate surface area is 185 Å². The third kappa shape index (κ3) is 4.47. The van der Waals surface area contributed by atoms with E-state index in [4.69, 9.17) is 0 Å². The summed E-state index contributed by atoms with van der Waals surface area (Å²) < 4.78 is 3.16. The van der Waals surface area contributed by atoms with Crippen LogP contribution >= 0.6 is 39.9 Å². The lowest BCUT2D eigenvalue weighted by molar-refractivity contribution is 0.397. The second-order valence-corrected chi connectivity index (χ2v) is 8.21. The molecule has 4 rings (SSSR count). The predicted molar refractivity (Wildman–Crippen MR) is 122 cm³/mol. The van der Waals surface area contributed by atoms with Gasteiger partial charge < -0.3 is 10.6 Å². The van der Waals surface area contributed by atoms with Crippen molar-refractivity contribution in [3.05, 3.63) is 46.0 Å². The zero-order valence-corrected chi connectivity index (χ0v) is 19.6. The molecule has 0 saturated heterocycles. The van der Waals surface area contributed by atoms with Crippen LogP contribution in [0.5, 0.6) is 0 Å².